The Morgan fingerprint density at radius 2 is 0.700 bits per heavy atom. The molecule has 0 aromatic rings. The van der Waals surface area contributed by atoms with Crippen LogP contribution >= 0.6 is 7.82 Å². The van der Waals surface area contributed by atoms with Crippen LogP contribution in [-0.4, -0.2) is 56.9 Å². The number of aliphatic hydroxyl groups excluding tert-OH is 2. The van der Waals surface area contributed by atoms with Crippen molar-refractivity contribution in [3.05, 3.63) is 0 Å². The number of hydrogen-bond donors (Lipinski definition) is 5. The summed E-state index contributed by atoms with van der Waals surface area (Å²) in [4.78, 5) is 45.3. The van der Waals surface area contributed by atoms with Crippen molar-refractivity contribution in [2.45, 2.75) is 225 Å². The molecule has 0 atom stereocenters. The van der Waals surface area contributed by atoms with Crippen LogP contribution in [0.3, 0.4) is 0 Å². The number of hydrogen-bond acceptors (Lipinski definition) is 7. The smallest absolute Gasteiger partial charge is 0.394 e. The SMILES string of the molecule is CCCCCCCCCCCCCCCCCC(=O)C(CN)(OP(=O)(O)O)C(=O)CCCCCCCCCCCCCCCCC.OCCO. The lowest BCUT2D eigenvalue weighted by atomic mass is 9.87. The van der Waals surface area contributed by atoms with Gasteiger partial charge in [0.15, 0.2) is 11.6 Å². The third-order valence-electron chi connectivity index (χ3n) is 9.58. The van der Waals surface area contributed by atoms with Gasteiger partial charge in [-0.2, -0.15) is 0 Å². The summed E-state index contributed by atoms with van der Waals surface area (Å²) in [5.41, 5.74) is 3.57. The highest BCUT2D eigenvalue weighted by atomic mass is 31.2. The van der Waals surface area contributed by atoms with Gasteiger partial charge in [-0.1, -0.05) is 194 Å². The maximum Gasteiger partial charge on any atom is 0.471 e. The molecule has 0 unspecified atom stereocenters. The van der Waals surface area contributed by atoms with E-state index in [-0.39, 0.29) is 26.1 Å². The second-order valence-electron chi connectivity index (χ2n) is 14.3. The summed E-state index contributed by atoms with van der Waals surface area (Å²) in [6.45, 7) is 3.71. The normalized spacial score (nSPS) is 11.8. The molecule has 9 nitrogen and oxygen atoms in total. The lowest BCUT2D eigenvalue weighted by Crippen LogP contribution is -2.54. The summed E-state index contributed by atoms with van der Waals surface area (Å²) in [5, 5.41) is 15.2. The van der Waals surface area contributed by atoms with E-state index in [1.54, 1.807) is 0 Å². The van der Waals surface area contributed by atoms with Crippen LogP contribution in [0.5, 0.6) is 0 Å². The molecule has 10 heteroatoms. The molecule has 0 rings (SSSR count). The van der Waals surface area contributed by atoms with E-state index in [9.17, 15) is 23.9 Å². The fourth-order valence-corrected chi connectivity index (χ4v) is 7.13. The van der Waals surface area contributed by atoms with Gasteiger partial charge in [0.1, 0.15) is 0 Å². The van der Waals surface area contributed by atoms with Gasteiger partial charge in [-0.05, 0) is 12.8 Å². The Hall–Kier alpha value is -0.670. The molecule has 0 aromatic heterocycles. The molecular weight excluding hydrogens is 653 g/mol. The zero-order valence-electron chi connectivity index (χ0n) is 32.7. The van der Waals surface area contributed by atoms with Crippen molar-refractivity contribution in [2.75, 3.05) is 19.8 Å². The van der Waals surface area contributed by atoms with Crippen molar-refractivity contribution in [1.29, 1.82) is 0 Å². The maximum atomic E-state index is 13.1. The van der Waals surface area contributed by atoms with Crippen molar-refractivity contribution in [2.24, 2.45) is 5.73 Å². The molecule has 6 N–H and O–H groups in total. The number of rotatable bonds is 38. The van der Waals surface area contributed by atoms with Crippen LogP contribution in [0.2, 0.25) is 0 Å². The fourth-order valence-electron chi connectivity index (χ4n) is 6.44. The average Bonchev–Trinajstić information content (AvgIpc) is 3.10. The molecule has 0 fully saturated rings. The molecule has 0 aliphatic heterocycles. The summed E-state index contributed by atoms with van der Waals surface area (Å²) in [6.07, 6.45) is 36.2. The highest BCUT2D eigenvalue weighted by Crippen LogP contribution is 2.43. The van der Waals surface area contributed by atoms with Crippen LogP contribution in [0.1, 0.15) is 219 Å². The van der Waals surface area contributed by atoms with Crippen LogP contribution in [0.4, 0.5) is 0 Å². The lowest BCUT2D eigenvalue weighted by Gasteiger charge is -2.29. The van der Waals surface area contributed by atoms with Gasteiger partial charge < -0.3 is 25.7 Å². The van der Waals surface area contributed by atoms with Gasteiger partial charge in [-0.3, -0.25) is 14.1 Å². The minimum absolute atomic E-state index is 0.0417. The zero-order chi connectivity index (χ0) is 37.6. The third-order valence-corrected chi connectivity index (χ3v) is 10.1. The van der Waals surface area contributed by atoms with Crippen LogP contribution in [0.15, 0.2) is 0 Å². The number of nitrogens with two attached hydrogens (primary N) is 1. The summed E-state index contributed by atoms with van der Waals surface area (Å²) >= 11 is 0. The van der Waals surface area contributed by atoms with Crippen LogP contribution in [-0.2, 0) is 18.7 Å². The molecule has 300 valence electrons. The second kappa shape index (κ2) is 38.1. The summed E-state index contributed by atoms with van der Waals surface area (Å²) in [5.74, 6) is -1.20. The lowest BCUT2D eigenvalue weighted by molar-refractivity contribution is -0.148. The molecule has 0 saturated heterocycles. The first kappa shape index (κ1) is 51.4. The van der Waals surface area contributed by atoms with E-state index in [0.717, 1.165) is 38.5 Å². The molecule has 0 radical (unpaired) electrons. The van der Waals surface area contributed by atoms with Gasteiger partial charge in [0, 0.05) is 19.4 Å². The molecule has 0 amide bonds. The number of phosphoric ester groups is 1. The number of phosphoric acid groups is 1. The molecule has 0 saturated carbocycles. The van der Waals surface area contributed by atoms with Crippen LogP contribution in [0.25, 0.3) is 0 Å². The van der Waals surface area contributed by atoms with E-state index in [4.69, 9.17) is 20.5 Å². The number of carbonyl (C=O) groups is 2. The van der Waals surface area contributed by atoms with Crippen LogP contribution < -0.4 is 5.73 Å². The first-order valence-electron chi connectivity index (χ1n) is 20.9. The van der Waals surface area contributed by atoms with Crippen molar-refractivity contribution < 1.29 is 38.7 Å². The zero-order valence-corrected chi connectivity index (χ0v) is 33.6. The molecule has 50 heavy (non-hydrogen) atoms. The Labute approximate surface area is 307 Å². The van der Waals surface area contributed by atoms with Crippen molar-refractivity contribution in [1.82, 2.24) is 0 Å². The largest absolute Gasteiger partial charge is 0.471 e. The number of aliphatic hydroxyl groups is 2. The topological polar surface area (TPSA) is 167 Å². The average molecular weight is 736 g/mol. The van der Waals surface area contributed by atoms with Gasteiger partial charge in [-0.25, -0.2) is 4.57 Å². The van der Waals surface area contributed by atoms with E-state index in [2.05, 4.69) is 13.8 Å². The van der Waals surface area contributed by atoms with Gasteiger partial charge in [0.25, 0.3) is 0 Å². The monoisotopic (exact) mass is 736 g/mol. The Bertz CT molecular complexity index is 743. The van der Waals surface area contributed by atoms with Crippen LogP contribution in [0, 0.1) is 0 Å². The highest BCUT2D eigenvalue weighted by molar-refractivity contribution is 7.46. The summed E-state index contributed by atoms with van der Waals surface area (Å²) < 4.78 is 16.6. The Morgan fingerprint density at radius 3 is 0.880 bits per heavy atom. The van der Waals surface area contributed by atoms with E-state index in [1.807, 2.05) is 0 Å². The first-order valence-corrected chi connectivity index (χ1v) is 22.4. The number of Topliss-reactive ketones (excluding diaryl/α,β-unsaturated/α-hetero) is 2. The van der Waals surface area contributed by atoms with E-state index in [0.29, 0.717) is 12.8 Å². The first-order chi connectivity index (χ1) is 24.1. The maximum absolute atomic E-state index is 13.1. The third kappa shape index (κ3) is 33.2. The number of carbonyl (C=O) groups excluding carboxylic acids is 2. The van der Waals surface area contributed by atoms with Gasteiger partial charge in [0.2, 0.25) is 5.60 Å². The van der Waals surface area contributed by atoms with E-state index in [1.165, 1.54) is 141 Å². The van der Waals surface area contributed by atoms with E-state index >= 15 is 0 Å². The van der Waals surface area contributed by atoms with Crippen molar-refractivity contribution >= 4 is 19.4 Å². The Kier molecular flexibility index (Phi) is 39.2. The number of unbranched alkanes of at least 4 members (excludes halogenated alkanes) is 28. The minimum atomic E-state index is -5.08. The molecule has 0 bridgehead atoms. The molecule has 0 aliphatic carbocycles. The summed E-state index contributed by atoms with van der Waals surface area (Å²) in [6, 6.07) is 0. The molecule has 0 heterocycles. The standard InChI is InChI=1S/C38H76NO6P.C2H6O2/c1-3-5-7-9-11-13-15-17-19-21-23-25-27-29-31-33-36(40)38(35-39,45-46(42,43)44)37(41)34-32-30-28-26-24-22-20-18-16-14-12-10-8-6-4-2;3-1-2-4/h3-35,39H2,1-2H3,(H2,42,43,44);3-4H,1-2H2. The van der Waals surface area contributed by atoms with Crippen molar-refractivity contribution in [3.63, 3.8) is 0 Å². The van der Waals surface area contributed by atoms with Gasteiger partial charge in [0.05, 0.1) is 13.2 Å². The predicted octanol–water partition coefficient (Wildman–Crippen LogP) is 10.4. The second-order valence-corrected chi connectivity index (χ2v) is 15.5. The predicted molar refractivity (Wildman–Crippen MR) is 208 cm³/mol. The highest BCUT2D eigenvalue weighted by Gasteiger charge is 2.48. The van der Waals surface area contributed by atoms with Gasteiger partial charge >= 0.3 is 7.82 Å². The summed E-state index contributed by atoms with van der Waals surface area (Å²) in [7, 11) is -5.08. The molecule has 0 spiro atoms. The molecule has 0 aromatic carbocycles. The Morgan fingerprint density at radius 1 is 0.480 bits per heavy atom. The minimum Gasteiger partial charge on any atom is -0.394 e. The van der Waals surface area contributed by atoms with E-state index < -0.39 is 31.5 Å². The molecular formula is C40H82NO8P. The van der Waals surface area contributed by atoms with Crippen molar-refractivity contribution in [3.8, 4) is 0 Å². The molecule has 0 aliphatic rings. The number of ketones is 2. The Balaban J connectivity index is 0. The quantitative estimate of drug-likeness (QED) is 0.0235. The fraction of sp³-hybridized carbons (Fsp3) is 0.950. The van der Waals surface area contributed by atoms with Gasteiger partial charge in [-0.15, -0.1) is 0 Å².